The minimum absolute atomic E-state index is 0.250. The molecule has 7 nitrogen and oxygen atoms in total. The summed E-state index contributed by atoms with van der Waals surface area (Å²) in [5.74, 6) is 0.476. The van der Waals surface area contributed by atoms with Gasteiger partial charge in [-0.1, -0.05) is 24.6 Å². The van der Waals surface area contributed by atoms with E-state index in [4.69, 9.17) is 31.2 Å². The van der Waals surface area contributed by atoms with Gasteiger partial charge in [0.1, 0.15) is 24.1 Å². The summed E-state index contributed by atoms with van der Waals surface area (Å²) in [6.45, 7) is 3.75. The molecule has 0 radical (unpaired) electrons. The van der Waals surface area contributed by atoms with E-state index in [1.807, 2.05) is 26.0 Å². The smallest absolute Gasteiger partial charge is 0.358 e. The van der Waals surface area contributed by atoms with Crippen LogP contribution in [-0.4, -0.2) is 64.5 Å². The molecule has 8 heteroatoms. The van der Waals surface area contributed by atoms with Crippen molar-refractivity contribution in [1.29, 1.82) is 0 Å². The predicted octanol–water partition coefficient (Wildman–Crippen LogP) is 0.910. The zero-order valence-electron chi connectivity index (χ0n) is 14.2. The second-order valence-corrected chi connectivity index (χ2v) is 6.16. The van der Waals surface area contributed by atoms with E-state index >= 15 is 0 Å². The number of aliphatic hydroxyl groups is 3. The van der Waals surface area contributed by atoms with Crippen molar-refractivity contribution >= 4 is 17.5 Å². The van der Waals surface area contributed by atoms with Gasteiger partial charge in [-0.05, 0) is 25.5 Å². The molecule has 0 spiro atoms. The third-order valence-corrected chi connectivity index (χ3v) is 3.94. The van der Waals surface area contributed by atoms with E-state index in [0.717, 1.165) is 12.0 Å². The van der Waals surface area contributed by atoms with E-state index in [2.05, 4.69) is 0 Å². The maximum atomic E-state index is 10.4. The Bertz CT molecular complexity index is 550. The summed E-state index contributed by atoms with van der Waals surface area (Å²) in [7, 11) is 0. The van der Waals surface area contributed by atoms with Crippen LogP contribution in [0.25, 0.3) is 0 Å². The SMILES string of the molecule is CCCO[C@H]1O[C@H](CO)[C@@H](O)[C@H](OC(=S)Oc2ccc(C)cc2)[C@@H]1O. The topological polar surface area (TPSA) is 97.6 Å². The fraction of sp³-hybridized carbons (Fsp3) is 0.588. The van der Waals surface area contributed by atoms with Crippen LogP contribution in [0.1, 0.15) is 18.9 Å². The largest absolute Gasteiger partial charge is 0.447 e. The second kappa shape index (κ2) is 9.42. The number of aryl methyl sites for hydroxylation is 1. The van der Waals surface area contributed by atoms with Gasteiger partial charge in [-0.2, -0.15) is 0 Å². The molecule has 1 aliphatic heterocycles. The van der Waals surface area contributed by atoms with Gasteiger partial charge in [-0.3, -0.25) is 0 Å². The Hall–Kier alpha value is -1.29. The van der Waals surface area contributed by atoms with Crippen LogP contribution < -0.4 is 4.74 Å². The van der Waals surface area contributed by atoms with Crippen LogP contribution in [0.5, 0.6) is 5.75 Å². The summed E-state index contributed by atoms with van der Waals surface area (Å²) >= 11 is 5.05. The average Bonchev–Trinajstić information content (AvgIpc) is 2.60. The van der Waals surface area contributed by atoms with E-state index in [1.54, 1.807) is 12.1 Å². The molecule has 1 saturated heterocycles. The molecular formula is C17H24O7S. The van der Waals surface area contributed by atoms with E-state index < -0.39 is 37.3 Å². The zero-order valence-corrected chi connectivity index (χ0v) is 15.0. The van der Waals surface area contributed by atoms with Crippen molar-refractivity contribution < 1.29 is 34.3 Å². The lowest BCUT2D eigenvalue weighted by Gasteiger charge is -2.41. The second-order valence-electron chi connectivity index (χ2n) is 5.83. The van der Waals surface area contributed by atoms with Crippen molar-refractivity contribution in [2.24, 2.45) is 0 Å². The van der Waals surface area contributed by atoms with Crippen molar-refractivity contribution in [1.82, 2.24) is 0 Å². The summed E-state index contributed by atoms with van der Waals surface area (Å²) < 4.78 is 21.6. The van der Waals surface area contributed by atoms with Crippen molar-refractivity contribution in [3.05, 3.63) is 29.8 Å². The maximum absolute atomic E-state index is 10.4. The van der Waals surface area contributed by atoms with Crippen LogP contribution in [0.4, 0.5) is 0 Å². The van der Waals surface area contributed by atoms with Crippen LogP contribution in [0, 0.1) is 6.92 Å². The highest BCUT2D eigenvalue weighted by molar-refractivity contribution is 7.79. The van der Waals surface area contributed by atoms with Gasteiger partial charge in [0.05, 0.1) is 6.61 Å². The normalized spacial score (nSPS) is 29.2. The van der Waals surface area contributed by atoms with Crippen LogP contribution in [0.3, 0.4) is 0 Å². The number of aliphatic hydroxyl groups excluding tert-OH is 3. The summed E-state index contributed by atoms with van der Waals surface area (Å²) in [6.07, 6.45) is -5.00. The predicted molar refractivity (Wildman–Crippen MR) is 93.3 cm³/mol. The minimum atomic E-state index is -1.29. The monoisotopic (exact) mass is 372 g/mol. The third kappa shape index (κ3) is 5.34. The Kier molecular flexibility index (Phi) is 7.55. The van der Waals surface area contributed by atoms with Crippen LogP contribution in [0.15, 0.2) is 24.3 Å². The summed E-state index contributed by atoms with van der Waals surface area (Å²) in [5, 5.41) is 29.7. The van der Waals surface area contributed by atoms with Gasteiger partial charge in [-0.25, -0.2) is 0 Å². The summed E-state index contributed by atoms with van der Waals surface area (Å²) in [5.41, 5.74) is 1.07. The molecule has 0 aromatic heterocycles. The van der Waals surface area contributed by atoms with Gasteiger partial charge in [0, 0.05) is 18.8 Å². The fourth-order valence-electron chi connectivity index (χ4n) is 2.40. The van der Waals surface area contributed by atoms with E-state index in [0.29, 0.717) is 12.4 Å². The molecule has 0 unspecified atom stereocenters. The lowest BCUT2D eigenvalue weighted by atomic mass is 9.99. The lowest BCUT2D eigenvalue weighted by Crippen LogP contribution is -2.60. The Morgan fingerprint density at radius 1 is 1.20 bits per heavy atom. The molecule has 1 aromatic rings. The number of hydrogen-bond donors (Lipinski definition) is 3. The van der Waals surface area contributed by atoms with Gasteiger partial charge in [0.25, 0.3) is 0 Å². The quantitative estimate of drug-likeness (QED) is 0.634. The van der Waals surface area contributed by atoms with Crippen molar-refractivity contribution in [3.63, 3.8) is 0 Å². The van der Waals surface area contributed by atoms with Gasteiger partial charge in [-0.15, -0.1) is 0 Å². The van der Waals surface area contributed by atoms with Crippen molar-refractivity contribution in [2.75, 3.05) is 13.2 Å². The molecule has 0 saturated carbocycles. The first-order chi connectivity index (χ1) is 12.0. The van der Waals surface area contributed by atoms with E-state index in [9.17, 15) is 15.3 Å². The lowest BCUT2D eigenvalue weighted by molar-refractivity contribution is -0.299. The molecule has 0 bridgehead atoms. The van der Waals surface area contributed by atoms with Gasteiger partial charge >= 0.3 is 5.24 Å². The van der Waals surface area contributed by atoms with Crippen LogP contribution in [-0.2, 0) is 14.2 Å². The first-order valence-electron chi connectivity index (χ1n) is 8.15. The Balaban J connectivity index is 2.02. The molecule has 0 amide bonds. The van der Waals surface area contributed by atoms with Gasteiger partial charge < -0.3 is 34.3 Å². The third-order valence-electron chi connectivity index (χ3n) is 3.76. The highest BCUT2D eigenvalue weighted by Gasteiger charge is 2.47. The summed E-state index contributed by atoms with van der Waals surface area (Å²) in [6, 6.07) is 7.16. The Morgan fingerprint density at radius 2 is 1.88 bits per heavy atom. The molecular weight excluding hydrogens is 348 g/mol. The number of thiocarbonyl (C=S) groups is 1. The molecule has 3 N–H and O–H groups in total. The Labute approximate surface area is 152 Å². The molecule has 1 heterocycles. The van der Waals surface area contributed by atoms with Gasteiger partial charge in [0.15, 0.2) is 12.4 Å². The number of benzene rings is 1. The number of hydrogen-bond acceptors (Lipinski definition) is 8. The average molecular weight is 372 g/mol. The highest BCUT2D eigenvalue weighted by atomic mass is 32.1. The molecule has 25 heavy (non-hydrogen) atoms. The fourth-order valence-corrected chi connectivity index (χ4v) is 2.61. The molecule has 0 aliphatic carbocycles. The van der Waals surface area contributed by atoms with Crippen molar-refractivity contribution in [3.8, 4) is 5.75 Å². The van der Waals surface area contributed by atoms with Gasteiger partial charge in [0.2, 0.25) is 0 Å². The minimum Gasteiger partial charge on any atom is -0.447 e. The molecule has 2 rings (SSSR count). The van der Waals surface area contributed by atoms with Crippen LogP contribution in [0.2, 0.25) is 0 Å². The molecule has 1 aliphatic rings. The molecule has 1 aromatic carbocycles. The maximum Gasteiger partial charge on any atom is 0.358 e. The van der Waals surface area contributed by atoms with Crippen LogP contribution >= 0.6 is 12.2 Å². The highest BCUT2D eigenvalue weighted by Crippen LogP contribution is 2.25. The standard InChI is InChI=1S/C17H24O7S/c1-3-8-21-16-14(20)15(13(19)12(9-18)23-16)24-17(25)22-11-6-4-10(2)5-7-11/h4-7,12-16,18-20H,3,8-9H2,1-2H3/t12-,13-,14+,15+,16+/m1/s1. The van der Waals surface area contributed by atoms with E-state index in [-0.39, 0.29) is 5.24 Å². The summed E-state index contributed by atoms with van der Waals surface area (Å²) in [4.78, 5) is 0. The molecule has 5 atom stereocenters. The number of rotatable bonds is 6. The molecule has 1 fully saturated rings. The molecule has 140 valence electrons. The zero-order chi connectivity index (χ0) is 18.4. The first-order valence-corrected chi connectivity index (χ1v) is 8.56. The number of ether oxygens (including phenoxy) is 4. The van der Waals surface area contributed by atoms with E-state index in [1.165, 1.54) is 0 Å². The first kappa shape index (κ1) is 20.0. The Morgan fingerprint density at radius 3 is 2.48 bits per heavy atom. The van der Waals surface area contributed by atoms with Crippen molar-refractivity contribution in [2.45, 2.75) is 51.0 Å².